The second-order valence-corrected chi connectivity index (χ2v) is 4.83. The van der Waals surface area contributed by atoms with Crippen molar-refractivity contribution in [3.63, 3.8) is 0 Å². The maximum Gasteiger partial charge on any atom is 0.224 e. The van der Waals surface area contributed by atoms with E-state index in [1.165, 1.54) is 6.42 Å². The summed E-state index contributed by atoms with van der Waals surface area (Å²) in [5, 5.41) is 1.08. The molecule has 3 heteroatoms. The van der Waals surface area contributed by atoms with Gasteiger partial charge in [-0.2, -0.15) is 0 Å². The fourth-order valence-corrected chi connectivity index (χ4v) is 2.55. The molecule has 1 aromatic heterocycles. The van der Waals surface area contributed by atoms with Crippen LogP contribution in [-0.4, -0.2) is 16.9 Å². The maximum absolute atomic E-state index is 11.9. The number of amides is 1. The number of para-hydroxylation sites is 1. The fourth-order valence-electron chi connectivity index (χ4n) is 2.55. The van der Waals surface area contributed by atoms with Gasteiger partial charge in [-0.1, -0.05) is 18.2 Å². The molecule has 0 bridgehead atoms. The number of carbonyl (C=O) groups excluding carboxylic acids is 1. The molecule has 2 aromatic rings. The Morgan fingerprint density at radius 1 is 1.28 bits per heavy atom. The van der Waals surface area contributed by atoms with Crippen molar-refractivity contribution in [2.75, 3.05) is 4.90 Å². The van der Waals surface area contributed by atoms with Gasteiger partial charge in [0.25, 0.3) is 0 Å². The van der Waals surface area contributed by atoms with Crippen LogP contribution in [0.2, 0.25) is 0 Å². The summed E-state index contributed by atoms with van der Waals surface area (Å²) in [5.41, 5.74) is 1.87. The minimum atomic E-state index is 0.109. The topological polar surface area (TPSA) is 33.2 Å². The van der Waals surface area contributed by atoms with Crippen LogP contribution in [0.15, 0.2) is 36.5 Å². The van der Waals surface area contributed by atoms with Crippen molar-refractivity contribution < 1.29 is 4.79 Å². The largest absolute Gasteiger partial charge is 0.307 e. The van der Waals surface area contributed by atoms with Crippen LogP contribution in [-0.2, 0) is 4.79 Å². The third-order valence-corrected chi connectivity index (χ3v) is 3.65. The van der Waals surface area contributed by atoms with E-state index in [4.69, 9.17) is 0 Å². The van der Waals surface area contributed by atoms with E-state index >= 15 is 0 Å². The minimum absolute atomic E-state index is 0.109. The van der Waals surface area contributed by atoms with Crippen LogP contribution in [0.5, 0.6) is 0 Å². The molecule has 3 rings (SSSR count). The van der Waals surface area contributed by atoms with Gasteiger partial charge in [0.2, 0.25) is 5.91 Å². The molecule has 0 N–H and O–H groups in total. The number of aromatic nitrogens is 1. The van der Waals surface area contributed by atoms with Crippen molar-refractivity contribution in [2.45, 2.75) is 32.2 Å². The van der Waals surface area contributed by atoms with Gasteiger partial charge >= 0.3 is 0 Å². The number of carbonyl (C=O) groups is 1. The first-order valence-electron chi connectivity index (χ1n) is 6.41. The number of rotatable bonds is 2. The molecule has 1 fully saturated rings. The molecule has 92 valence electrons. The molecule has 0 atom stereocenters. The lowest BCUT2D eigenvalue weighted by Crippen LogP contribution is -2.43. The SMILES string of the molecule is CC(=O)N(c1cccc2cccnc12)C1CCC1. The lowest BCUT2D eigenvalue weighted by Gasteiger charge is -2.37. The number of benzene rings is 1. The number of hydrogen-bond acceptors (Lipinski definition) is 2. The predicted molar refractivity (Wildman–Crippen MR) is 72.5 cm³/mol. The highest BCUT2D eigenvalue weighted by molar-refractivity contribution is 6.01. The highest BCUT2D eigenvalue weighted by Crippen LogP contribution is 2.33. The van der Waals surface area contributed by atoms with Crippen LogP contribution in [0.3, 0.4) is 0 Å². The van der Waals surface area contributed by atoms with Crippen molar-refractivity contribution in [3.8, 4) is 0 Å². The van der Waals surface area contributed by atoms with Crippen molar-refractivity contribution in [1.29, 1.82) is 0 Å². The summed E-state index contributed by atoms with van der Waals surface area (Å²) in [6.07, 6.45) is 5.20. The zero-order valence-electron chi connectivity index (χ0n) is 10.5. The number of hydrogen-bond donors (Lipinski definition) is 0. The Balaban J connectivity index is 2.13. The molecule has 0 saturated heterocycles. The number of pyridine rings is 1. The molecule has 3 nitrogen and oxygen atoms in total. The van der Waals surface area contributed by atoms with Crippen molar-refractivity contribution >= 4 is 22.5 Å². The van der Waals surface area contributed by atoms with E-state index in [1.807, 2.05) is 35.2 Å². The van der Waals surface area contributed by atoms with Gasteiger partial charge in [-0.3, -0.25) is 9.78 Å². The quantitative estimate of drug-likeness (QED) is 0.808. The Labute approximate surface area is 106 Å². The zero-order valence-corrected chi connectivity index (χ0v) is 10.5. The van der Waals surface area contributed by atoms with Gasteiger partial charge in [0.1, 0.15) is 0 Å². The number of nitrogens with zero attached hydrogens (tertiary/aromatic N) is 2. The normalized spacial score (nSPS) is 15.4. The molecular formula is C15H16N2O. The van der Waals surface area contributed by atoms with Gasteiger partial charge in [-0.05, 0) is 31.4 Å². The van der Waals surface area contributed by atoms with Crippen molar-refractivity contribution in [3.05, 3.63) is 36.5 Å². The third kappa shape index (κ3) is 1.76. The maximum atomic E-state index is 11.9. The molecule has 1 aliphatic carbocycles. The van der Waals surface area contributed by atoms with Gasteiger partial charge in [-0.25, -0.2) is 0 Å². The van der Waals surface area contributed by atoms with Crippen LogP contribution < -0.4 is 4.90 Å². The van der Waals surface area contributed by atoms with E-state index < -0.39 is 0 Å². The molecule has 18 heavy (non-hydrogen) atoms. The van der Waals surface area contributed by atoms with Gasteiger partial charge in [0, 0.05) is 24.5 Å². The molecule has 0 aliphatic heterocycles. The molecule has 1 heterocycles. The molecule has 1 amide bonds. The Morgan fingerprint density at radius 2 is 2.06 bits per heavy atom. The van der Waals surface area contributed by atoms with Crippen molar-refractivity contribution in [2.24, 2.45) is 0 Å². The second kappa shape index (κ2) is 4.41. The van der Waals surface area contributed by atoms with E-state index in [0.29, 0.717) is 6.04 Å². The highest BCUT2D eigenvalue weighted by Gasteiger charge is 2.29. The number of anilines is 1. The summed E-state index contributed by atoms with van der Waals surface area (Å²) in [6.45, 7) is 1.64. The standard InChI is InChI=1S/C15H16N2O/c1-11(18)17(13-7-3-8-13)14-9-2-5-12-6-4-10-16-15(12)14/h2,4-6,9-10,13H,3,7-8H2,1H3. The average Bonchev–Trinajstić information content (AvgIpc) is 2.32. The lowest BCUT2D eigenvalue weighted by molar-refractivity contribution is -0.117. The van der Waals surface area contributed by atoms with Gasteiger partial charge < -0.3 is 4.90 Å². The van der Waals surface area contributed by atoms with E-state index in [1.54, 1.807) is 13.1 Å². The van der Waals surface area contributed by atoms with Crippen LogP contribution in [0, 0.1) is 0 Å². The molecule has 1 saturated carbocycles. The average molecular weight is 240 g/mol. The summed E-state index contributed by atoms with van der Waals surface area (Å²) < 4.78 is 0. The molecule has 0 unspecified atom stereocenters. The van der Waals surface area contributed by atoms with E-state index in [9.17, 15) is 4.79 Å². The third-order valence-electron chi connectivity index (χ3n) is 3.65. The van der Waals surface area contributed by atoms with Crippen LogP contribution in [0.4, 0.5) is 5.69 Å². The number of fused-ring (bicyclic) bond motifs is 1. The summed E-state index contributed by atoms with van der Waals surface area (Å²) in [6, 6.07) is 10.3. The molecule has 1 aliphatic rings. The summed E-state index contributed by atoms with van der Waals surface area (Å²) in [5.74, 6) is 0.109. The van der Waals surface area contributed by atoms with E-state index in [-0.39, 0.29) is 5.91 Å². The van der Waals surface area contributed by atoms with Gasteiger partial charge in [0.15, 0.2) is 0 Å². The Hall–Kier alpha value is -1.90. The zero-order chi connectivity index (χ0) is 12.5. The Bertz CT molecular complexity index is 585. The van der Waals surface area contributed by atoms with Crippen molar-refractivity contribution in [1.82, 2.24) is 4.98 Å². The monoisotopic (exact) mass is 240 g/mol. The predicted octanol–water partition coefficient (Wildman–Crippen LogP) is 3.14. The molecule has 0 radical (unpaired) electrons. The molecular weight excluding hydrogens is 224 g/mol. The fraction of sp³-hybridized carbons (Fsp3) is 0.333. The van der Waals surface area contributed by atoms with Crippen LogP contribution >= 0.6 is 0 Å². The summed E-state index contributed by atoms with van der Waals surface area (Å²) >= 11 is 0. The minimum Gasteiger partial charge on any atom is -0.307 e. The lowest BCUT2D eigenvalue weighted by atomic mass is 9.90. The van der Waals surface area contributed by atoms with Crippen LogP contribution in [0.1, 0.15) is 26.2 Å². The van der Waals surface area contributed by atoms with E-state index in [0.717, 1.165) is 29.4 Å². The highest BCUT2D eigenvalue weighted by atomic mass is 16.2. The van der Waals surface area contributed by atoms with Crippen LogP contribution in [0.25, 0.3) is 10.9 Å². The second-order valence-electron chi connectivity index (χ2n) is 4.83. The summed E-state index contributed by atoms with van der Waals surface area (Å²) in [7, 11) is 0. The first kappa shape index (κ1) is 11.2. The Kier molecular flexibility index (Phi) is 2.74. The van der Waals surface area contributed by atoms with Gasteiger partial charge in [0.05, 0.1) is 11.2 Å². The Morgan fingerprint density at radius 3 is 2.72 bits per heavy atom. The molecule has 1 aromatic carbocycles. The summed E-state index contributed by atoms with van der Waals surface area (Å²) in [4.78, 5) is 18.3. The van der Waals surface area contributed by atoms with Gasteiger partial charge in [-0.15, -0.1) is 0 Å². The first-order valence-corrected chi connectivity index (χ1v) is 6.41. The smallest absolute Gasteiger partial charge is 0.224 e. The first-order chi connectivity index (χ1) is 8.77. The molecule has 0 spiro atoms. The van der Waals surface area contributed by atoms with E-state index in [2.05, 4.69) is 4.98 Å².